The Labute approximate surface area is 423 Å². The van der Waals surface area contributed by atoms with E-state index in [0.29, 0.717) is 23.2 Å². The van der Waals surface area contributed by atoms with Crippen LogP contribution in [0.15, 0.2) is 72.5 Å². The van der Waals surface area contributed by atoms with Crippen LogP contribution in [0, 0.1) is 23.7 Å². The molecule has 6 aromatic rings. The Bertz CT molecular complexity index is 2980. The number of H-pyrrole nitrogens is 1. The largest absolute Gasteiger partial charge is 0.507 e. The van der Waals surface area contributed by atoms with E-state index in [0.717, 1.165) is 115 Å². The third-order valence-electron chi connectivity index (χ3n) is 16.2. The zero-order valence-corrected chi connectivity index (χ0v) is 42.5. The summed E-state index contributed by atoms with van der Waals surface area (Å²) in [6, 6.07) is 16.0. The van der Waals surface area contributed by atoms with Crippen LogP contribution in [-0.2, 0) is 27.3 Å². The van der Waals surface area contributed by atoms with Crippen molar-refractivity contribution in [1.29, 1.82) is 0 Å². The summed E-state index contributed by atoms with van der Waals surface area (Å²) in [6.45, 7) is 14.7. The quantitative estimate of drug-likeness (QED) is 0.0986. The van der Waals surface area contributed by atoms with Crippen molar-refractivity contribution in [3.05, 3.63) is 95.0 Å². The average molecular weight is 993 g/mol. The van der Waals surface area contributed by atoms with E-state index in [1.807, 2.05) is 88.1 Å². The van der Waals surface area contributed by atoms with Gasteiger partial charge >= 0.3 is 0 Å². The molecule has 0 unspecified atom stereocenters. The van der Waals surface area contributed by atoms with Crippen LogP contribution in [0.25, 0.3) is 32.7 Å². The number of phenols is 1. The molecule has 5 aliphatic rings. The zero-order valence-electron chi connectivity index (χ0n) is 41.6. The van der Waals surface area contributed by atoms with Gasteiger partial charge in [-0.2, -0.15) is 0 Å². The summed E-state index contributed by atoms with van der Waals surface area (Å²) in [5.74, 6) is -0.0626. The molecular weight excluding hydrogens is 929 g/mol. The summed E-state index contributed by atoms with van der Waals surface area (Å²) in [5.41, 5.74) is 9.66. The molecule has 7 heterocycles. The number of fused-ring (bicyclic) bond motifs is 3. The van der Waals surface area contributed by atoms with Gasteiger partial charge in [0.05, 0.1) is 52.0 Å². The smallest absolute Gasteiger partial charge is 0.246 e. The number of aromatic hydroxyl groups is 1. The number of hydrogen-bond donors (Lipinski definition) is 5. The van der Waals surface area contributed by atoms with Gasteiger partial charge in [0.15, 0.2) is 5.65 Å². The second-order valence-electron chi connectivity index (χ2n) is 22.0. The van der Waals surface area contributed by atoms with Gasteiger partial charge in [-0.05, 0) is 79.7 Å². The van der Waals surface area contributed by atoms with Gasteiger partial charge < -0.3 is 40.5 Å². The molecule has 4 atom stereocenters. The van der Waals surface area contributed by atoms with Crippen molar-refractivity contribution >= 4 is 51.7 Å². The lowest BCUT2D eigenvalue weighted by atomic mass is 9.49. The summed E-state index contributed by atoms with van der Waals surface area (Å²) in [6.07, 6.45) is 7.78. The van der Waals surface area contributed by atoms with E-state index in [1.165, 1.54) is 4.90 Å². The number of carbonyl (C=O) groups excluding carboxylic acids is 3. The first-order chi connectivity index (χ1) is 34.6. The van der Waals surface area contributed by atoms with E-state index in [2.05, 4.69) is 52.4 Å². The minimum absolute atomic E-state index is 0.0000995. The van der Waals surface area contributed by atoms with Gasteiger partial charge in [-0.1, -0.05) is 57.2 Å². The van der Waals surface area contributed by atoms with Crippen LogP contribution in [-0.4, -0.2) is 131 Å². The summed E-state index contributed by atoms with van der Waals surface area (Å²) < 4.78 is 0. The number of piperazine rings is 1. The number of aryl methyl sites for hydroxylation is 1. The molecule has 3 amide bonds. The topological polar surface area (TPSA) is 209 Å². The molecule has 0 bridgehead atoms. The molecule has 3 aliphatic heterocycles. The number of anilines is 2. The summed E-state index contributed by atoms with van der Waals surface area (Å²) in [7, 11) is 0. The van der Waals surface area contributed by atoms with Crippen molar-refractivity contribution in [2.75, 3.05) is 49.1 Å². The van der Waals surface area contributed by atoms with Crippen LogP contribution in [0.4, 0.5) is 11.6 Å². The van der Waals surface area contributed by atoms with Crippen LogP contribution in [0.5, 0.6) is 5.75 Å². The van der Waals surface area contributed by atoms with Crippen molar-refractivity contribution in [3.63, 3.8) is 0 Å². The first-order valence-electron chi connectivity index (χ1n) is 25.4. The molecule has 2 aliphatic carbocycles. The molecule has 18 heteroatoms. The molecule has 2 saturated carbocycles. The SMILES string of the molecule is Cc1ncsc1-c1ccc(CNC(=O)[C@@H]2C[C@@H](O)CN2C(=O)[C@@H](NC(=O)C2CC3(C2)CC(N2CCN(c4cnc(N5CCc6[nH]c7nnc(-c8ccccc8O)cc7c6[C@H]5C)nc4)CC2)C3)C(C)(C)C)cc1. The van der Waals surface area contributed by atoms with Gasteiger partial charge in [-0.3, -0.25) is 19.3 Å². The summed E-state index contributed by atoms with van der Waals surface area (Å²) >= 11 is 1.59. The first-order valence-corrected chi connectivity index (χ1v) is 26.3. The Balaban J connectivity index is 0.644. The molecule has 5 N–H and O–H groups in total. The second-order valence-corrected chi connectivity index (χ2v) is 22.8. The second kappa shape index (κ2) is 18.8. The number of benzene rings is 2. The zero-order chi connectivity index (χ0) is 50.1. The minimum atomic E-state index is -0.846. The number of aliphatic hydroxyl groups excluding tert-OH is 1. The third-order valence-corrected chi connectivity index (χ3v) is 17.2. The van der Waals surface area contributed by atoms with Gasteiger partial charge in [-0.25, -0.2) is 15.0 Å². The van der Waals surface area contributed by atoms with Crippen LogP contribution >= 0.6 is 11.3 Å². The molecule has 11 rings (SSSR count). The van der Waals surface area contributed by atoms with E-state index in [1.54, 1.807) is 23.5 Å². The fourth-order valence-corrected chi connectivity index (χ4v) is 12.9. The van der Waals surface area contributed by atoms with E-state index in [4.69, 9.17) is 9.97 Å². The van der Waals surface area contributed by atoms with E-state index >= 15 is 0 Å². The summed E-state index contributed by atoms with van der Waals surface area (Å²) in [5, 5.41) is 37.2. The Morgan fingerprint density at radius 1 is 0.931 bits per heavy atom. The lowest BCUT2D eigenvalue weighted by Crippen LogP contribution is -2.63. The molecule has 4 aromatic heterocycles. The van der Waals surface area contributed by atoms with Gasteiger partial charge in [0, 0.05) is 92.8 Å². The van der Waals surface area contributed by atoms with E-state index in [-0.39, 0.29) is 60.4 Å². The van der Waals surface area contributed by atoms with Crippen LogP contribution < -0.4 is 20.4 Å². The highest BCUT2D eigenvalue weighted by atomic mass is 32.1. The molecule has 72 heavy (non-hydrogen) atoms. The fourth-order valence-electron chi connectivity index (χ4n) is 12.1. The van der Waals surface area contributed by atoms with Gasteiger partial charge in [0.2, 0.25) is 23.7 Å². The minimum Gasteiger partial charge on any atom is -0.507 e. The number of aliphatic hydroxyl groups is 1. The number of phenolic OH excluding ortho intramolecular Hbond substituents is 1. The number of aromatic nitrogens is 6. The van der Waals surface area contributed by atoms with Crippen LogP contribution in [0.3, 0.4) is 0 Å². The van der Waals surface area contributed by atoms with E-state index < -0.39 is 23.6 Å². The van der Waals surface area contributed by atoms with Crippen LogP contribution in [0.1, 0.15) is 88.4 Å². The van der Waals surface area contributed by atoms with Gasteiger partial charge in [-0.15, -0.1) is 21.5 Å². The molecule has 376 valence electrons. The summed E-state index contributed by atoms with van der Waals surface area (Å²) in [4.78, 5) is 69.1. The van der Waals surface area contributed by atoms with Crippen molar-refractivity contribution < 1.29 is 24.6 Å². The number of rotatable bonds is 11. The number of aromatic amines is 1. The number of para-hydroxylation sites is 1. The first kappa shape index (κ1) is 47.8. The standard InChI is InChI=1S/C54H64N12O5S/c1-31-46(72-30-58-31)34-12-10-33(11-13-34)26-55-50(70)43-20-38(67)29-66(43)51(71)47(53(3,4)5)60-49(69)35-22-54(23-35)24-36(25-54)63-16-18-64(19-17-63)37-27-56-52(57-28-37)65-15-14-41-45(32(65)2)40-21-42(61-62-48(40)59-41)39-8-6-7-9-44(39)68/h6-13,21,27-28,30,32,35-36,38,43,47,67-68H,14-20,22-26,29H2,1-5H3,(H,55,70)(H,59,62)(H,60,69)/t32-,35?,36?,38-,43+,47-,54?/m1/s1. The number of β-amino-alcohol motifs (C(OH)–C–C–N with tert-alkyl or cyclic N) is 1. The number of nitrogens with one attached hydrogen (secondary N) is 3. The molecule has 4 fully saturated rings. The maximum absolute atomic E-state index is 14.3. The Morgan fingerprint density at radius 2 is 1.67 bits per heavy atom. The number of thiazole rings is 1. The number of nitrogens with zero attached hydrogens (tertiary/aromatic N) is 9. The molecule has 2 saturated heterocycles. The molecule has 0 radical (unpaired) electrons. The number of carbonyl (C=O) groups is 3. The normalized spacial score (nSPS) is 24.7. The maximum atomic E-state index is 14.3. The number of amides is 3. The van der Waals surface area contributed by atoms with Crippen molar-refractivity contribution in [2.45, 2.75) is 110 Å². The molecule has 17 nitrogen and oxygen atoms in total. The van der Waals surface area contributed by atoms with Gasteiger partial charge in [0.1, 0.15) is 17.8 Å². The predicted molar refractivity (Wildman–Crippen MR) is 276 cm³/mol. The Hall–Kier alpha value is -6.50. The monoisotopic (exact) mass is 992 g/mol. The lowest BCUT2D eigenvalue weighted by Gasteiger charge is -2.60. The maximum Gasteiger partial charge on any atom is 0.246 e. The third kappa shape index (κ3) is 9.06. The highest BCUT2D eigenvalue weighted by molar-refractivity contribution is 7.13. The highest BCUT2D eigenvalue weighted by Crippen LogP contribution is 2.60. The highest BCUT2D eigenvalue weighted by Gasteiger charge is 2.57. The molecule has 2 aromatic carbocycles. The number of likely N-dealkylation sites (tertiary alicyclic amines) is 1. The fraction of sp³-hybridized carbons (Fsp3) is 0.481. The molecular formula is C54H64N12O5S. The van der Waals surface area contributed by atoms with Gasteiger partial charge in [0.25, 0.3) is 0 Å². The average Bonchev–Trinajstić information content (AvgIpc) is 4.08. The van der Waals surface area contributed by atoms with E-state index in [9.17, 15) is 24.6 Å². The van der Waals surface area contributed by atoms with Crippen LogP contribution in [0.2, 0.25) is 0 Å². The predicted octanol–water partition coefficient (Wildman–Crippen LogP) is 6.17. The van der Waals surface area contributed by atoms with Crippen molar-refractivity contribution in [3.8, 4) is 27.4 Å². The lowest BCUT2D eigenvalue weighted by molar-refractivity contribution is -0.150. The molecule has 1 spiro atoms. The van der Waals surface area contributed by atoms with Crippen molar-refractivity contribution in [2.24, 2.45) is 16.7 Å². The number of hydrogen-bond acceptors (Lipinski definition) is 14. The van der Waals surface area contributed by atoms with Crippen molar-refractivity contribution in [1.82, 2.24) is 50.6 Å². The Morgan fingerprint density at radius 3 is 2.36 bits per heavy atom. The Kier molecular flexibility index (Phi) is 12.5.